The summed E-state index contributed by atoms with van der Waals surface area (Å²) in [7, 11) is 0. The third-order valence-corrected chi connectivity index (χ3v) is 1.70. The molecule has 5 heteroatoms. The van der Waals surface area contributed by atoms with Crippen molar-refractivity contribution in [2.75, 3.05) is 0 Å². The summed E-state index contributed by atoms with van der Waals surface area (Å²) in [6, 6.07) is 2.70. The number of rotatable bonds is 2. The summed E-state index contributed by atoms with van der Waals surface area (Å²) in [4.78, 5) is 3.79. The minimum Gasteiger partial charge on any atom is -0.260 e. The predicted molar refractivity (Wildman–Crippen MR) is 43.6 cm³/mol. The Kier molecular flexibility index (Phi) is 3.14. The summed E-state index contributed by atoms with van der Waals surface area (Å²) in [5, 5.41) is 0. The predicted octanol–water partition coefficient (Wildman–Crippen LogP) is 2.93. The molecule has 0 aliphatic rings. The fourth-order valence-electron chi connectivity index (χ4n) is 0.943. The zero-order chi connectivity index (χ0) is 9.90. The van der Waals surface area contributed by atoms with Gasteiger partial charge in [0.2, 0.25) is 0 Å². The number of halogens is 4. The highest BCUT2D eigenvalue weighted by molar-refractivity contribution is 6.16. The van der Waals surface area contributed by atoms with Gasteiger partial charge in [0.25, 0.3) is 0 Å². The average molecular weight is 210 g/mol. The van der Waals surface area contributed by atoms with Gasteiger partial charge in [0.15, 0.2) is 0 Å². The van der Waals surface area contributed by atoms with Gasteiger partial charge in [-0.2, -0.15) is 13.2 Å². The molecule has 1 aromatic heterocycles. The van der Waals surface area contributed by atoms with E-state index in [9.17, 15) is 13.2 Å². The van der Waals surface area contributed by atoms with Crippen molar-refractivity contribution in [1.82, 2.24) is 4.98 Å². The van der Waals surface area contributed by atoms with Crippen LogP contribution in [0.5, 0.6) is 0 Å². The van der Waals surface area contributed by atoms with Crippen LogP contribution < -0.4 is 0 Å². The minimum atomic E-state index is -4.18. The van der Waals surface area contributed by atoms with Gasteiger partial charge in [-0.25, -0.2) is 0 Å². The fraction of sp³-hybridized carbons (Fsp3) is 0.375. The maximum atomic E-state index is 11.9. The van der Waals surface area contributed by atoms with E-state index in [0.717, 1.165) is 0 Å². The molecular formula is C8H7ClF3N. The van der Waals surface area contributed by atoms with Crippen molar-refractivity contribution in [3.05, 3.63) is 29.6 Å². The highest BCUT2D eigenvalue weighted by atomic mass is 35.5. The van der Waals surface area contributed by atoms with E-state index in [2.05, 4.69) is 4.98 Å². The molecule has 0 spiro atoms. The second kappa shape index (κ2) is 3.96. The van der Waals surface area contributed by atoms with Gasteiger partial charge in [0.05, 0.1) is 18.0 Å². The van der Waals surface area contributed by atoms with Crippen LogP contribution in [0.3, 0.4) is 0 Å². The Bertz CT molecular complexity index is 285. The summed E-state index contributed by atoms with van der Waals surface area (Å²) >= 11 is 5.43. The highest BCUT2D eigenvalue weighted by Gasteiger charge is 2.27. The Labute approximate surface area is 78.5 Å². The topological polar surface area (TPSA) is 12.9 Å². The van der Waals surface area contributed by atoms with Crippen LogP contribution in [0.1, 0.15) is 11.3 Å². The Hall–Kier alpha value is -0.770. The fourth-order valence-corrected chi connectivity index (χ4v) is 1.09. The van der Waals surface area contributed by atoms with Crippen LogP contribution in [0.25, 0.3) is 0 Å². The summed E-state index contributed by atoms with van der Waals surface area (Å²) < 4.78 is 35.8. The second-order valence-electron chi connectivity index (χ2n) is 2.58. The zero-order valence-corrected chi connectivity index (χ0v) is 7.36. The van der Waals surface area contributed by atoms with Crippen LogP contribution >= 0.6 is 11.6 Å². The van der Waals surface area contributed by atoms with E-state index in [1.165, 1.54) is 18.3 Å². The van der Waals surface area contributed by atoms with E-state index >= 15 is 0 Å². The molecule has 0 atom stereocenters. The first-order chi connectivity index (χ1) is 6.01. The molecule has 0 radical (unpaired) electrons. The Morgan fingerprint density at radius 2 is 2.08 bits per heavy atom. The van der Waals surface area contributed by atoms with Gasteiger partial charge in [-0.15, -0.1) is 11.6 Å². The Balaban J connectivity index is 2.78. The number of hydrogen-bond acceptors (Lipinski definition) is 1. The van der Waals surface area contributed by atoms with Crippen LogP contribution in [-0.4, -0.2) is 11.2 Å². The van der Waals surface area contributed by atoms with Crippen molar-refractivity contribution >= 4 is 11.6 Å². The molecule has 0 saturated heterocycles. The second-order valence-corrected chi connectivity index (χ2v) is 2.85. The number of aromatic nitrogens is 1. The lowest BCUT2D eigenvalue weighted by Crippen LogP contribution is -2.11. The van der Waals surface area contributed by atoms with Crippen LogP contribution in [0.4, 0.5) is 13.2 Å². The Morgan fingerprint density at radius 3 is 2.62 bits per heavy atom. The number of hydrogen-bond donors (Lipinski definition) is 0. The third kappa shape index (κ3) is 3.63. The molecule has 0 aromatic carbocycles. The molecule has 72 valence electrons. The summed E-state index contributed by atoms with van der Waals surface area (Å²) in [6.45, 7) is 0. The Morgan fingerprint density at radius 1 is 1.38 bits per heavy atom. The minimum absolute atomic E-state index is 0.131. The van der Waals surface area contributed by atoms with Crippen LogP contribution in [-0.2, 0) is 12.3 Å². The maximum absolute atomic E-state index is 11.9. The molecule has 0 unspecified atom stereocenters. The van der Waals surface area contributed by atoms with Crippen molar-refractivity contribution < 1.29 is 13.2 Å². The number of alkyl halides is 4. The monoisotopic (exact) mass is 209 g/mol. The molecular weight excluding hydrogens is 203 g/mol. The average Bonchev–Trinajstić information content (AvgIpc) is 2.01. The van der Waals surface area contributed by atoms with Gasteiger partial charge >= 0.3 is 6.18 Å². The van der Waals surface area contributed by atoms with Gasteiger partial charge in [-0.05, 0) is 17.7 Å². The van der Waals surface area contributed by atoms with Crippen LogP contribution in [0.15, 0.2) is 18.3 Å². The van der Waals surface area contributed by atoms with Crippen molar-refractivity contribution in [3.63, 3.8) is 0 Å². The van der Waals surface area contributed by atoms with Crippen molar-refractivity contribution in [2.24, 2.45) is 0 Å². The van der Waals surface area contributed by atoms with Crippen molar-refractivity contribution in [3.8, 4) is 0 Å². The van der Waals surface area contributed by atoms with E-state index in [0.29, 0.717) is 5.69 Å². The summed E-state index contributed by atoms with van der Waals surface area (Å²) in [5.41, 5.74) is 0.654. The quantitative estimate of drug-likeness (QED) is 0.683. The molecule has 1 rings (SSSR count). The van der Waals surface area contributed by atoms with Crippen LogP contribution in [0, 0.1) is 0 Å². The van der Waals surface area contributed by atoms with Gasteiger partial charge in [0.1, 0.15) is 0 Å². The first-order valence-corrected chi connectivity index (χ1v) is 4.11. The number of nitrogens with zero attached hydrogens (tertiary/aromatic N) is 1. The zero-order valence-electron chi connectivity index (χ0n) is 6.61. The highest BCUT2D eigenvalue weighted by Crippen LogP contribution is 2.21. The lowest BCUT2D eigenvalue weighted by Gasteiger charge is -2.06. The van der Waals surface area contributed by atoms with Crippen molar-refractivity contribution in [2.45, 2.75) is 18.5 Å². The van der Waals surface area contributed by atoms with E-state index in [4.69, 9.17) is 11.6 Å². The molecule has 1 aromatic rings. The molecule has 13 heavy (non-hydrogen) atoms. The SMILES string of the molecule is FC(F)(F)Cc1ccnc(CCl)c1. The first-order valence-electron chi connectivity index (χ1n) is 3.58. The summed E-state index contributed by atoms with van der Waals surface area (Å²) in [5.74, 6) is 0.131. The normalized spacial score (nSPS) is 11.7. The first kappa shape index (κ1) is 10.3. The lowest BCUT2D eigenvalue weighted by atomic mass is 10.2. The smallest absolute Gasteiger partial charge is 0.260 e. The van der Waals surface area contributed by atoms with E-state index in [1.807, 2.05) is 0 Å². The van der Waals surface area contributed by atoms with E-state index in [-0.39, 0.29) is 11.4 Å². The largest absolute Gasteiger partial charge is 0.393 e. The lowest BCUT2D eigenvalue weighted by molar-refractivity contribution is -0.127. The number of pyridine rings is 1. The molecule has 1 nitrogen and oxygen atoms in total. The standard InChI is InChI=1S/C8H7ClF3N/c9-5-7-3-6(1-2-13-7)4-8(10,11)12/h1-3H,4-5H2. The molecule has 0 saturated carbocycles. The third-order valence-electron chi connectivity index (χ3n) is 1.42. The molecule has 0 fully saturated rings. The van der Waals surface area contributed by atoms with Crippen molar-refractivity contribution in [1.29, 1.82) is 0 Å². The molecule has 0 aliphatic heterocycles. The maximum Gasteiger partial charge on any atom is 0.393 e. The van der Waals surface area contributed by atoms with E-state index < -0.39 is 12.6 Å². The molecule has 0 amide bonds. The molecule has 1 heterocycles. The summed E-state index contributed by atoms with van der Waals surface area (Å²) in [6.07, 6.45) is -3.77. The molecule has 0 N–H and O–H groups in total. The van der Waals surface area contributed by atoms with Gasteiger partial charge in [-0.3, -0.25) is 4.98 Å². The van der Waals surface area contributed by atoms with Gasteiger partial charge < -0.3 is 0 Å². The van der Waals surface area contributed by atoms with Gasteiger partial charge in [0, 0.05) is 6.20 Å². The van der Waals surface area contributed by atoms with Crippen LogP contribution in [0.2, 0.25) is 0 Å². The molecule has 0 bridgehead atoms. The van der Waals surface area contributed by atoms with E-state index in [1.54, 1.807) is 0 Å². The molecule has 0 aliphatic carbocycles. The van der Waals surface area contributed by atoms with Gasteiger partial charge in [-0.1, -0.05) is 0 Å².